The van der Waals surface area contributed by atoms with Crippen LogP contribution in [-0.4, -0.2) is 0 Å². The van der Waals surface area contributed by atoms with Crippen molar-refractivity contribution in [1.82, 2.24) is 0 Å². The molecule has 1 heteroatoms. The summed E-state index contributed by atoms with van der Waals surface area (Å²) in [4.78, 5) is 0. The molecule has 1 aromatic rings. The lowest BCUT2D eigenvalue weighted by molar-refractivity contribution is 0.603. The van der Waals surface area contributed by atoms with Crippen LogP contribution in [0.15, 0.2) is 18.2 Å². The summed E-state index contributed by atoms with van der Waals surface area (Å²) in [6.45, 7) is 2.10. The van der Waals surface area contributed by atoms with E-state index in [1.807, 2.05) is 6.07 Å². The first kappa shape index (κ1) is 8.74. The lowest BCUT2D eigenvalue weighted by Gasteiger charge is -2.08. The van der Waals surface area contributed by atoms with Gasteiger partial charge in [0.25, 0.3) is 0 Å². The summed E-state index contributed by atoms with van der Waals surface area (Å²) in [7, 11) is 0. The molecule has 0 saturated heterocycles. The smallest absolute Gasteiger partial charge is 0.126 e. The van der Waals surface area contributed by atoms with Crippen molar-refractivity contribution >= 4 is 0 Å². The summed E-state index contributed by atoms with van der Waals surface area (Å²) in [5, 5.41) is 0. The van der Waals surface area contributed by atoms with Crippen LogP contribution in [0, 0.1) is 5.82 Å². The Labute approximate surface area is 78.8 Å². The first-order valence-electron chi connectivity index (χ1n) is 5.10. The van der Waals surface area contributed by atoms with Crippen molar-refractivity contribution in [2.24, 2.45) is 0 Å². The van der Waals surface area contributed by atoms with Gasteiger partial charge in [0.2, 0.25) is 0 Å². The fraction of sp³-hybridized carbons (Fsp3) is 0.500. The van der Waals surface area contributed by atoms with Crippen molar-refractivity contribution < 1.29 is 4.39 Å². The number of rotatable bonds is 3. The standard InChI is InChI=1S/C12H15F/c1-2-4-11-10(9-7-8-9)5-3-6-12(11)13/h3,5-6,9H,2,4,7-8H2,1H3. The van der Waals surface area contributed by atoms with E-state index >= 15 is 0 Å². The molecule has 1 aliphatic rings. The van der Waals surface area contributed by atoms with E-state index in [-0.39, 0.29) is 5.82 Å². The van der Waals surface area contributed by atoms with Crippen LogP contribution < -0.4 is 0 Å². The summed E-state index contributed by atoms with van der Waals surface area (Å²) in [6, 6.07) is 5.50. The Morgan fingerprint density at radius 3 is 2.77 bits per heavy atom. The number of hydrogen-bond acceptors (Lipinski definition) is 0. The average molecular weight is 178 g/mol. The van der Waals surface area contributed by atoms with Crippen LogP contribution in [0.25, 0.3) is 0 Å². The quantitative estimate of drug-likeness (QED) is 0.662. The molecule has 1 aromatic carbocycles. The van der Waals surface area contributed by atoms with E-state index in [0.717, 1.165) is 18.4 Å². The number of halogens is 1. The third-order valence-electron chi connectivity index (χ3n) is 2.67. The molecular weight excluding hydrogens is 163 g/mol. The molecular formula is C12H15F. The predicted octanol–water partition coefficient (Wildman–Crippen LogP) is 3.66. The monoisotopic (exact) mass is 178 g/mol. The molecule has 0 bridgehead atoms. The van der Waals surface area contributed by atoms with Gasteiger partial charge in [0.15, 0.2) is 0 Å². The molecule has 0 atom stereocenters. The molecule has 1 aliphatic carbocycles. The maximum atomic E-state index is 13.4. The van der Waals surface area contributed by atoms with Crippen molar-refractivity contribution in [3.05, 3.63) is 35.1 Å². The van der Waals surface area contributed by atoms with Crippen molar-refractivity contribution in [2.45, 2.75) is 38.5 Å². The minimum Gasteiger partial charge on any atom is -0.207 e. The maximum absolute atomic E-state index is 13.4. The number of hydrogen-bond donors (Lipinski definition) is 0. The van der Waals surface area contributed by atoms with E-state index in [0.29, 0.717) is 5.92 Å². The summed E-state index contributed by atoms with van der Waals surface area (Å²) in [6.07, 6.45) is 4.42. The molecule has 0 amide bonds. The normalized spacial score (nSPS) is 16.2. The summed E-state index contributed by atoms with van der Waals surface area (Å²) in [5.41, 5.74) is 2.23. The molecule has 0 N–H and O–H groups in total. The highest BCUT2D eigenvalue weighted by molar-refractivity contribution is 5.34. The summed E-state index contributed by atoms with van der Waals surface area (Å²) in [5.74, 6) is 0.656. The zero-order chi connectivity index (χ0) is 9.26. The van der Waals surface area contributed by atoms with Crippen LogP contribution in [0.5, 0.6) is 0 Å². The molecule has 0 spiro atoms. The fourth-order valence-electron chi connectivity index (χ4n) is 1.87. The lowest BCUT2D eigenvalue weighted by Crippen LogP contribution is -1.96. The second-order valence-corrected chi connectivity index (χ2v) is 3.83. The molecule has 1 fully saturated rings. The highest BCUT2D eigenvalue weighted by Crippen LogP contribution is 2.42. The third kappa shape index (κ3) is 1.74. The van der Waals surface area contributed by atoms with Gasteiger partial charge in [-0.25, -0.2) is 4.39 Å². The molecule has 0 aliphatic heterocycles. The largest absolute Gasteiger partial charge is 0.207 e. The van der Waals surface area contributed by atoms with Crippen molar-refractivity contribution in [2.75, 3.05) is 0 Å². The van der Waals surface area contributed by atoms with Gasteiger partial charge in [-0.05, 0) is 42.4 Å². The van der Waals surface area contributed by atoms with E-state index in [1.54, 1.807) is 6.07 Å². The molecule has 0 unspecified atom stereocenters. The molecule has 13 heavy (non-hydrogen) atoms. The Morgan fingerprint density at radius 2 is 2.15 bits per heavy atom. The van der Waals surface area contributed by atoms with Gasteiger partial charge in [-0.1, -0.05) is 25.5 Å². The van der Waals surface area contributed by atoms with Gasteiger partial charge in [0.1, 0.15) is 5.82 Å². The van der Waals surface area contributed by atoms with Crippen LogP contribution in [0.3, 0.4) is 0 Å². The second-order valence-electron chi connectivity index (χ2n) is 3.83. The van der Waals surface area contributed by atoms with E-state index in [1.165, 1.54) is 18.4 Å². The van der Waals surface area contributed by atoms with Crippen LogP contribution in [0.1, 0.15) is 43.2 Å². The molecule has 2 rings (SSSR count). The van der Waals surface area contributed by atoms with E-state index in [2.05, 4.69) is 13.0 Å². The minimum absolute atomic E-state index is 0.00810. The van der Waals surface area contributed by atoms with Crippen LogP contribution in [0.4, 0.5) is 4.39 Å². The third-order valence-corrected chi connectivity index (χ3v) is 2.67. The molecule has 1 saturated carbocycles. The van der Waals surface area contributed by atoms with Crippen LogP contribution in [0.2, 0.25) is 0 Å². The highest BCUT2D eigenvalue weighted by atomic mass is 19.1. The Balaban J connectivity index is 2.35. The minimum atomic E-state index is -0.00810. The van der Waals surface area contributed by atoms with Gasteiger partial charge in [-0.15, -0.1) is 0 Å². The zero-order valence-corrected chi connectivity index (χ0v) is 8.02. The molecule has 0 nitrogen and oxygen atoms in total. The maximum Gasteiger partial charge on any atom is 0.126 e. The zero-order valence-electron chi connectivity index (χ0n) is 8.02. The average Bonchev–Trinajstić information content (AvgIpc) is 2.92. The summed E-state index contributed by atoms with van der Waals surface area (Å²) < 4.78 is 13.4. The van der Waals surface area contributed by atoms with Gasteiger partial charge < -0.3 is 0 Å². The topological polar surface area (TPSA) is 0 Å². The first-order valence-corrected chi connectivity index (χ1v) is 5.10. The highest BCUT2D eigenvalue weighted by Gasteiger charge is 2.26. The van der Waals surface area contributed by atoms with Crippen LogP contribution in [-0.2, 0) is 6.42 Å². The molecule has 0 heterocycles. The summed E-state index contributed by atoms with van der Waals surface area (Å²) >= 11 is 0. The molecule has 0 aromatic heterocycles. The van der Waals surface area contributed by atoms with E-state index in [9.17, 15) is 4.39 Å². The second kappa shape index (κ2) is 3.49. The molecule has 0 radical (unpaired) electrons. The van der Waals surface area contributed by atoms with E-state index in [4.69, 9.17) is 0 Å². The SMILES string of the molecule is CCCc1c(F)cccc1C1CC1. The Bertz CT molecular complexity index is 300. The van der Waals surface area contributed by atoms with Crippen molar-refractivity contribution in [3.8, 4) is 0 Å². The predicted molar refractivity (Wildman–Crippen MR) is 52.4 cm³/mol. The van der Waals surface area contributed by atoms with Gasteiger partial charge >= 0.3 is 0 Å². The Hall–Kier alpha value is -0.850. The van der Waals surface area contributed by atoms with Crippen molar-refractivity contribution in [1.29, 1.82) is 0 Å². The van der Waals surface area contributed by atoms with Crippen molar-refractivity contribution in [3.63, 3.8) is 0 Å². The Kier molecular flexibility index (Phi) is 2.34. The number of benzene rings is 1. The van der Waals surface area contributed by atoms with Gasteiger partial charge in [-0.3, -0.25) is 0 Å². The van der Waals surface area contributed by atoms with Crippen LogP contribution >= 0.6 is 0 Å². The van der Waals surface area contributed by atoms with Gasteiger partial charge in [-0.2, -0.15) is 0 Å². The van der Waals surface area contributed by atoms with E-state index < -0.39 is 0 Å². The Morgan fingerprint density at radius 1 is 1.38 bits per heavy atom. The fourth-order valence-corrected chi connectivity index (χ4v) is 1.87. The van der Waals surface area contributed by atoms with Gasteiger partial charge in [0, 0.05) is 0 Å². The lowest BCUT2D eigenvalue weighted by atomic mass is 9.99. The molecule has 70 valence electrons. The first-order chi connectivity index (χ1) is 6.33. The van der Waals surface area contributed by atoms with Gasteiger partial charge in [0.05, 0.1) is 0 Å².